The summed E-state index contributed by atoms with van der Waals surface area (Å²) in [6, 6.07) is 11.0. The summed E-state index contributed by atoms with van der Waals surface area (Å²) < 4.78 is 37.5. The molecule has 1 fully saturated rings. The fourth-order valence-corrected chi connectivity index (χ4v) is 6.25. The molecule has 41 heavy (non-hydrogen) atoms. The van der Waals surface area contributed by atoms with Crippen LogP contribution in [-0.2, 0) is 25.1 Å². The summed E-state index contributed by atoms with van der Waals surface area (Å²) in [6.45, 7) is 5.07. The smallest absolute Gasteiger partial charge is 0.318 e. The van der Waals surface area contributed by atoms with Crippen LogP contribution in [0, 0.1) is 6.92 Å². The van der Waals surface area contributed by atoms with Gasteiger partial charge in [0.15, 0.2) is 15.4 Å². The summed E-state index contributed by atoms with van der Waals surface area (Å²) in [5, 5.41) is 5.28. The number of ether oxygens (including phenoxy) is 1. The maximum absolute atomic E-state index is 13.6. The molecule has 3 amide bonds. The van der Waals surface area contributed by atoms with E-state index < -0.39 is 45.4 Å². The summed E-state index contributed by atoms with van der Waals surface area (Å²) in [5.41, 5.74) is 2.36. The Hall–Kier alpha value is -3.77. The number of nitrogens with one attached hydrogen (secondary N) is 2. The van der Waals surface area contributed by atoms with Crippen LogP contribution in [0.25, 0.3) is 11.1 Å². The van der Waals surface area contributed by atoms with Gasteiger partial charge in [-0.1, -0.05) is 56.2 Å². The van der Waals surface area contributed by atoms with Crippen LogP contribution in [0.15, 0.2) is 52.9 Å². The average molecular weight is 585 g/mol. The van der Waals surface area contributed by atoms with E-state index in [1.54, 1.807) is 36.4 Å². The number of carbonyl (C=O) groups is 3. The van der Waals surface area contributed by atoms with Crippen LogP contribution >= 0.6 is 0 Å². The molecule has 0 bridgehead atoms. The number of urea groups is 1. The maximum atomic E-state index is 13.6. The molecule has 12 heteroatoms. The minimum Gasteiger partial charge on any atom is -0.434 e. The summed E-state index contributed by atoms with van der Waals surface area (Å²) in [6.07, 6.45) is 1.67. The standard InChI is InChI=1S/C29H36N4O7S/c1-3-4-11-23(26(34)28-31-22-12-7-8-13-25(22)40-28)30-27(35)24(32-29(36)33-14-16-39-17-15-33)19-41(37,38)18-21-10-6-5-9-20(21)2/h5-10,12-13,23-24H,3-4,11,14-19H2,1-2H3,(H,30,35)(H,32,36)/t23-,24-/m0/s1. The number of aromatic nitrogens is 1. The quantitative estimate of drug-likeness (QED) is 0.309. The molecule has 2 aromatic carbocycles. The van der Waals surface area contributed by atoms with Crippen molar-refractivity contribution in [1.82, 2.24) is 20.5 Å². The Morgan fingerprint density at radius 1 is 1.00 bits per heavy atom. The lowest BCUT2D eigenvalue weighted by Crippen LogP contribution is -2.57. The fourth-order valence-electron chi connectivity index (χ4n) is 4.59. The van der Waals surface area contributed by atoms with Crippen molar-refractivity contribution in [2.45, 2.75) is 50.9 Å². The summed E-state index contributed by atoms with van der Waals surface area (Å²) >= 11 is 0. The number of morpholine rings is 1. The van der Waals surface area contributed by atoms with E-state index in [4.69, 9.17) is 9.15 Å². The van der Waals surface area contributed by atoms with Gasteiger partial charge >= 0.3 is 6.03 Å². The highest BCUT2D eigenvalue weighted by Crippen LogP contribution is 2.18. The molecule has 0 aliphatic carbocycles. The fraction of sp³-hybridized carbons (Fsp3) is 0.448. The minimum absolute atomic E-state index is 0.145. The van der Waals surface area contributed by atoms with E-state index in [-0.39, 0.29) is 11.6 Å². The van der Waals surface area contributed by atoms with Gasteiger partial charge in [-0.25, -0.2) is 18.2 Å². The van der Waals surface area contributed by atoms with Crippen molar-refractivity contribution in [3.63, 3.8) is 0 Å². The van der Waals surface area contributed by atoms with Crippen LogP contribution in [0.2, 0.25) is 0 Å². The number of aryl methyl sites for hydroxylation is 1. The minimum atomic E-state index is -3.85. The molecule has 1 aromatic heterocycles. The van der Waals surface area contributed by atoms with E-state index >= 15 is 0 Å². The lowest BCUT2D eigenvalue weighted by atomic mass is 10.0. The first-order valence-corrected chi connectivity index (χ1v) is 15.6. The second-order valence-electron chi connectivity index (χ2n) is 10.1. The van der Waals surface area contributed by atoms with Gasteiger partial charge in [0.2, 0.25) is 11.7 Å². The molecule has 0 unspecified atom stereocenters. The number of ketones is 1. The van der Waals surface area contributed by atoms with E-state index in [9.17, 15) is 22.8 Å². The van der Waals surface area contributed by atoms with Crippen LogP contribution in [-0.4, -0.2) is 80.2 Å². The van der Waals surface area contributed by atoms with Gasteiger partial charge in [-0.05, 0) is 36.6 Å². The Bertz CT molecular complexity index is 1450. The van der Waals surface area contributed by atoms with Crippen molar-refractivity contribution in [3.8, 4) is 0 Å². The Morgan fingerprint density at radius 3 is 2.41 bits per heavy atom. The van der Waals surface area contributed by atoms with E-state index in [2.05, 4.69) is 15.6 Å². The Morgan fingerprint density at radius 2 is 1.71 bits per heavy atom. The number of carbonyl (C=O) groups excluding carboxylic acids is 3. The zero-order valence-electron chi connectivity index (χ0n) is 23.3. The number of fused-ring (bicyclic) bond motifs is 1. The van der Waals surface area contributed by atoms with E-state index in [0.29, 0.717) is 55.8 Å². The number of sulfone groups is 1. The lowest BCUT2D eigenvalue weighted by Gasteiger charge is -2.29. The van der Waals surface area contributed by atoms with Gasteiger partial charge in [-0.15, -0.1) is 0 Å². The number of rotatable bonds is 12. The second kappa shape index (κ2) is 13.7. The molecule has 4 rings (SSSR count). The predicted molar refractivity (Wildman–Crippen MR) is 153 cm³/mol. The number of hydrogen-bond donors (Lipinski definition) is 2. The van der Waals surface area contributed by atoms with Gasteiger partial charge < -0.3 is 24.7 Å². The van der Waals surface area contributed by atoms with Crippen molar-refractivity contribution in [2.24, 2.45) is 0 Å². The summed E-state index contributed by atoms with van der Waals surface area (Å²) in [4.78, 5) is 45.8. The van der Waals surface area contributed by atoms with Crippen molar-refractivity contribution >= 4 is 38.7 Å². The van der Waals surface area contributed by atoms with Crippen LogP contribution in [0.5, 0.6) is 0 Å². The highest BCUT2D eigenvalue weighted by Gasteiger charge is 2.33. The monoisotopic (exact) mass is 584 g/mol. The normalized spacial score (nSPS) is 15.3. The maximum Gasteiger partial charge on any atom is 0.318 e. The van der Waals surface area contributed by atoms with Crippen LogP contribution < -0.4 is 10.6 Å². The highest BCUT2D eigenvalue weighted by molar-refractivity contribution is 7.90. The third kappa shape index (κ3) is 8.14. The number of nitrogens with zero attached hydrogens (tertiary/aromatic N) is 2. The van der Waals surface area contributed by atoms with Crippen molar-refractivity contribution in [2.75, 3.05) is 32.1 Å². The molecular formula is C29H36N4O7S. The van der Waals surface area contributed by atoms with Gasteiger partial charge in [0.25, 0.3) is 5.89 Å². The van der Waals surface area contributed by atoms with Crippen molar-refractivity contribution in [3.05, 3.63) is 65.5 Å². The summed E-state index contributed by atoms with van der Waals surface area (Å²) in [5.74, 6) is -2.37. The molecule has 220 valence electrons. The van der Waals surface area contributed by atoms with Crippen molar-refractivity contribution < 1.29 is 32.0 Å². The molecule has 3 aromatic rings. The number of amides is 3. The number of hydrogen-bond acceptors (Lipinski definition) is 8. The molecular weight excluding hydrogens is 548 g/mol. The number of Topliss-reactive ketones (excluding diaryl/α,β-unsaturated/α-hetero) is 1. The third-order valence-electron chi connectivity index (χ3n) is 6.95. The molecule has 0 radical (unpaired) electrons. The summed E-state index contributed by atoms with van der Waals surface area (Å²) in [7, 11) is -3.85. The molecule has 0 saturated carbocycles. The number of unbranched alkanes of at least 4 members (excludes halogenated alkanes) is 1. The van der Waals surface area contributed by atoms with E-state index in [0.717, 1.165) is 12.0 Å². The first-order valence-electron chi connectivity index (χ1n) is 13.7. The lowest BCUT2D eigenvalue weighted by molar-refractivity contribution is -0.123. The number of oxazole rings is 1. The second-order valence-corrected chi connectivity index (χ2v) is 12.2. The largest absolute Gasteiger partial charge is 0.434 e. The Labute approximate surface area is 239 Å². The number of benzene rings is 2. The molecule has 1 saturated heterocycles. The van der Waals surface area contributed by atoms with Crippen molar-refractivity contribution in [1.29, 1.82) is 0 Å². The predicted octanol–water partition coefficient (Wildman–Crippen LogP) is 3.02. The topological polar surface area (TPSA) is 148 Å². The van der Waals surface area contributed by atoms with Crippen LogP contribution in [0.3, 0.4) is 0 Å². The SMILES string of the molecule is CCCC[C@H](NC(=O)[C@H](CS(=O)(=O)Cc1ccccc1C)NC(=O)N1CCOCC1)C(=O)c1nc2ccccc2o1. The first kappa shape index (κ1) is 30.2. The van der Waals surface area contributed by atoms with Gasteiger partial charge in [0.05, 0.1) is 30.8 Å². The molecule has 1 aliphatic rings. The zero-order valence-corrected chi connectivity index (χ0v) is 24.1. The average Bonchev–Trinajstić information content (AvgIpc) is 3.40. The Kier molecular flexibility index (Phi) is 10.1. The molecule has 2 heterocycles. The molecule has 0 spiro atoms. The highest BCUT2D eigenvalue weighted by atomic mass is 32.2. The molecule has 11 nitrogen and oxygen atoms in total. The zero-order chi connectivity index (χ0) is 29.4. The molecule has 2 N–H and O–H groups in total. The van der Waals surface area contributed by atoms with E-state index in [1.165, 1.54) is 4.90 Å². The van der Waals surface area contributed by atoms with Gasteiger partial charge in [0.1, 0.15) is 11.6 Å². The molecule has 2 atom stereocenters. The number of para-hydroxylation sites is 2. The van der Waals surface area contributed by atoms with Gasteiger partial charge in [-0.2, -0.15) is 0 Å². The van der Waals surface area contributed by atoms with Gasteiger partial charge in [0, 0.05) is 13.1 Å². The van der Waals surface area contributed by atoms with Crippen LogP contribution in [0.1, 0.15) is 48.0 Å². The Balaban J connectivity index is 1.56. The first-order chi connectivity index (χ1) is 19.7. The van der Waals surface area contributed by atoms with Crippen LogP contribution in [0.4, 0.5) is 4.79 Å². The van der Waals surface area contributed by atoms with E-state index in [1.807, 2.05) is 26.0 Å². The third-order valence-corrected chi connectivity index (χ3v) is 8.55. The van der Waals surface area contributed by atoms with Gasteiger partial charge in [-0.3, -0.25) is 9.59 Å². The molecule has 1 aliphatic heterocycles.